The highest BCUT2D eigenvalue weighted by Gasteiger charge is 2.37. The summed E-state index contributed by atoms with van der Waals surface area (Å²) in [5.74, 6) is -0.606. The van der Waals surface area contributed by atoms with Crippen molar-refractivity contribution in [1.29, 1.82) is 0 Å². The number of carbonyl (C=O) groups excluding carboxylic acids is 3. The third kappa shape index (κ3) is 10.1. The van der Waals surface area contributed by atoms with Gasteiger partial charge in [-0.05, 0) is 82.7 Å². The summed E-state index contributed by atoms with van der Waals surface area (Å²) in [5, 5.41) is 5.84. The van der Waals surface area contributed by atoms with Gasteiger partial charge in [0.15, 0.2) is 0 Å². The Labute approximate surface area is 252 Å². The zero-order valence-corrected chi connectivity index (χ0v) is 27.0. The number of nitrogens with one attached hydrogen (secondary N) is 2. The topological polar surface area (TPSA) is 87.7 Å². The number of unbranched alkanes of at least 4 members (excludes halogenated alkanes) is 4. The van der Waals surface area contributed by atoms with E-state index < -0.39 is 23.8 Å². The van der Waals surface area contributed by atoms with Crippen LogP contribution in [0, 0.1) is 27.7 Å². The van der Waals surface area contributed by atoms with E-state index in [9.17, 15) is 14.4 Å². The first-order chi connectivity index (χ1) is 19.3. The fraction of sp³-hybridized carbons (Fsp3) is 0.545. The van der Waals surface area contributed by atoms with Crippen LogP contribution >= 0.6 is 12.6 Å². The van der Waals surface area contributed by atoms with Crippen molar-refractivity contribution in [3.05, 3.63) is 64.2 Å². The lowest BCUT2D eigenvalue weighted by Crippen LogP contribution is -2.53. The van der Waals surface area contributed by atoms with E-state index in [1.807, 2.05) is 64.1 Å². The molecule has 7 nitrogen and oxygen atoms in total. The number of alkyl carbamates (subject to hydrolysis) is 1. The number of ether oxygens (including phenoxy) is 1. The molecule has 0 aliphatic carbocycles. The zero-order chi connectivity index (χ0) is 30.7. The predicted molar refractivity (Wildman–Crippen MR) is 171 cm³/mol. The van der Waals surface area contributed by atoms with Crippen LogP contribution in [0.25, 0.3) is 0 Å². The second-order valence-electron chi connectivity index (χ2n) is 11.8. The summed E-state index contributed by atoms with van der Waals surface area (Å²) in [6.07, 6.45) is 4.23. The summed E-state index contributed by atoms with van der Waals surface area (Å²) < 4.78 is 5.43. The summed E-state index contributed by atoms with van der Waals surface area (Å²) in [6, 6.07) is 9.85. The van der Waals surface area contributed by atoms with Gasteiger partial charge in [0.25, 0.3) is 5.91 Å². The van der Waals surface area contributed by atoms with Crippen LogP contribution in [0.1, 0.15) is 93.7 Å². The smallest absolute Gasteiger partial charge is 0.408 e. The van der Waals surface area contributed by atoms with Crippen LogP contribution in [0.3, 0.4) is 0 Å². The lowest BCUT2D eigenvalue weighted by atomic mass is 9.93. The number of para-hydroxylation sites is 1. The molecule has 0 bridgehead atoms. The van der Waals surface area contributed by atoms with E-state index >= 15 is 0 Å². The van der Waals surface area contributed by atoms with Crippen molar-refractivity contribution in [1.82, 2.24) is 10.2 Å². The third-order valence-electron chi connectivity index (χ3n) is 7.06. The van der Waals surface area contributed by atoms with E-state index in [-0.39, 0.29) is 17.6 Å². The molecular formula is C33H49N3O4S. The maximum atomic E-state index is 14.3. The maximum absolute atomic E-state index is 14.3. The Morgan fingerprint density at radius 2 is 1.41 bits per heavy atom. The third-order valence-corrected chi connectivity index (χ3v) is 7.43. The van der Waals surface area contributed by atoms with Gasteiger partial charge >= 0.3 is 6.09 Å². The van der Waals surface area contributed by atoms with Crippen LogP contribution in [0.4, 0.5) is 10.5 Å². The summed E-state index contributed by atoms with van der Waals surface area (Å²) in [7, 11) is 0. The summed E-state index contributed by atoms with van der Waals surface area (Å²) in [4.78, 5) is 42.8. The summed E-state index contributed by atoms with van der Waals surface area (Å²) in [5.41, 5.74) is 4.51. The van der Waals surface area contributed by atoms with Crippen LogP contribution in [0.15, 0.2) is 36.4 Å². The van der Waals surface area contributed by atoms with E-state index in [0.717, 1.165) is 65.6 Å². The molecule has 2 aromatic rings. The first-order valence-corrected chi connectivity index (χ1v) is 15.3. The van der Waals surface area contributed by atoms with Crippen molar-refractivity contribution in [2.24, 2.45) is 0 Å². The molecule has 2 unspecified atom stereocenters. The number of amides is 3. The number of carbonyl (C=O) groups is 3. The van der Waals surface area contributed by atoms with Crippen LogP contribution < -0.4 is 10.6 Å². The lowest BCUT2D eigenvalue weighted by molar-refractivity contribution is -0.140. The Kier molecular flexibility index (Phi) is 13.2. The highest BCUT2D eigenvalue weighted by Crippen LogP contribution is 2.31. The molecule has 0 radical (unpaired) electrons. The predicted octanol–water partition coefficient (Wildman–Crippen LogP) is 7.22. The molecule has 41 heavy (non-hydrogen) atoms. The first kappa shape index (κ1) is 34.2. The van der Waals surface area contributed by atoms with Crippen molar-refractivity contribution in [3.63, 3.8) is 0 Å². The molecule has 3 amide bonds. The van der Waals surface area contributed by atoms with E-state index in [1.54, 1.807) is 25.7 Å². The van der Waals surface area contributed by atoms with Crippen LogP contribution in [0.5, 0.6) is 0 Å². The number of thiol groups is 1. The first-order valence-electron chi connectivity index (χ1n) is 14.6. The van der Waals surface area contributed by atoms with Gasteiger partial charge in [-0.2, -0.15) is 12.6 Å². The fourth-order valence-electron chi connectivity index (χ4n) is 4.98. The average Bonchev–Trinajstić information content (AvgIpc) is 2.88. The van der Waals surface area contributed by atoms with Crippen molar-refractivity contribution in [3.8, 4) is 0 Å². The largest absolute Gasteiger partial charge is 0.444 e. The Bertz CT molecular complexity index is 1150. The molecule has 0 spiro atoms. The van der Waals surface area contributed by atoms with Gasteiger partial charge in [0, 0.05) is 18.0 Å². The quantitative estimate of drug-likeness (QED) is 0.172. The minimum absolute atomic E-state index is 0.0579. The molecule has 0 saturated heterocycles. The average molecular weight is 584 g/mol. The minimum atomic E-state index is -0.969. The van der Waals surface area contributed by atoms with Gasteiger partial charge in [-0.15, -0.1) is 0 Å². The molecule has 0 fully saturated rings. The highest BCUT2D eigenvalue weighted by atomic mass is 32.1. The Hall–Kier alpha value is -3.00. The van der Waals surface area contributed by atoms with E-state index in [2.05, 4.69) is 30.2 Å². The maximum Gasteiger partial charge on any atom is 0.408 e. The number of benzene rings is 2. The standard InChI is InChI=1S/C33H49N3O4S/c1-9-10-11-12-13-20-36(31(38)26(21-41)34-32(39)40-33(6,7)8)29(27-22(2)16-14-17-23(27)3)30(37)35-28-24(4)18-15-19-25(28)5/h14-19,26,29,41H,9-13,20-21H2,1-8H3,(H,34,39)(H,35,37). The Balaban J connectivity index is 2.58. The van der Waals surface area contributed by atoms with Crippen LogP contribution in [0.2, 0.25) is 0 Å². The molecule has 2 aromatic carbocycles. The molecule has 8 heteroatoms. The number of rotatable bonds is 13. The molecular weight excluding hydrogens is 534 g/mol. The molecule has 0 aromatic heterocycles. The fourth-order valence-corrected chi connectivity index (χ4v) is 5.23. The SMILES string of the molecule is CCCCCCCN(C(=O)C(CS)NC(=O)OC(C)(C)C)C(C(=O)Nc1c(C)cccc1C)c1c(C)cccc1C. The number of aryl methyl sites for hydroxylation is 4. The highest BCUT2D eigenvalue weighted by molar-refractivity contribution is 7.80. The van der Waals surface area contributed by atoms with Crippen LogP contribution in [-0.2, 0) is 14.3 Å². The normalized spacial score (nSPS) is 12.8. The monoisotopic (exact) mass is 583 g/mol. The van der Waals surface area contributed by atoms with Gasteiger partial charge < -0.3 is 20.3 Å². The van der Waals surface area contributed by atoms with E-state index in [1.165, 1.54) is 0 Å². The molecule has 0 aliphatic heterocycles. The zero-order valence-electron chi connectivity index (χ0n) is 26.1. The van der Waals surface area contributed by atoms with Crippen molar-refractivity contribution >= 4 is 36.2 Å². The van der Waals surface area contributed by atoms with Gasteiger partial charge in [0.05, 0.1) is 0 Å². The second-order valence-corrected chi connectivity index (χ2v) is 12.2. The summed E-state index contributed by atoms with van der Waals surface area (Å²) in [6.45, 7) is 15.6. The number of nitrogens with zero attached hydrogens (tertiary/aromatic N) is 1. The van der Waals surface area contributed by atoms with Crippen molar-refractivity contribution < 1.29 is 19.1 Å². The Morgan fingerprint density at radius 1 is 0.878 bits per heavy atom. The van der Waals surface area contributed by atoms with Gasteiger partial charge in [0.1, 0.15) is 17.7 Å². The van der Waals surface area contributed by atoms with Crippen LogP contribution in [-0.4, -0.2) is 46.7 Å². The van der Waals surface area contributed by atoms with Gasteiger partial charge in [-0.3, -0.25) is 9.59 Å². The molecule has 2 N–H and O–H groups in total. The van der Waals surface area contributed by atoms with E-state index in [0.29, 0.717) is 6.54 Å². The Morgan fingerprint density at radius 3 is 1.93 bits per heavy atom. The van der Waals surface area contributed by atoms with Gasteiger partial charge in [-0.25, -0.2) is 4.79 Å². The van der Waals surface area contributed by atoms with Crippen molar-refractivity contribution in [2.75, 3.05) is 17.6 Å². The van der Waals surface area contributed by atoms with Gasteiger partial charge in [-0.1, -0.05) is 69.0 Å². The molecule has 0 saturated carbocycles. The summed E-state index contributed by atoms with van der Waals surface area (Å²) >= 11 is 4.41. The molecule has 0 heterocycles. The molecule has 0 aliphatic rings. The molecule has 226 valence electrons. The molecule has 2 rings (SSSR count). The lowest BCUT2D eigenvalue weighted by Gasteiger charge is -2.35. The number of hydrogen-bond acceptors (Lipinski definition) is 5. The number of hydrogen-bond donors (Lipinski definition) is 3. The van der Waals surface area contributed by atoms with Gasteiger partial charge in [0.2, 0.25) is 5.91 Å². The number of anilines is 1. The van der Waals surface area contributed by atoms with E-state index in [4.69, 9.17) is 4.74 Å². The minimum Gasteiger partial charge on any atom is -0.444 e. The molecule has 2 atom stereocenters. The second kappa shape index (κ2) is 15.9. The van der Waals surface area contributed by atoms with Crippen molar-refractivity contribution in [2.45, 2.75) is 105 Å².